The number of hydrogen-bond donors (Lipinski definition) is 1. The summed E-state index contributed by atoms with van der Waals surface area (Å²) in [4.78, 5) is 0. The van der Waals surface area contributed by atoms with Gasteiger partial charge in [0.2, 0.25) is 0 Å². The minimum Gasteiger partial charge on any atom is -0.491 e. The molecular weight excluding hydrogens is 269 g/mol. The molecule has 0 aliphatic carbocycles. The largest absolute Gasteiger partial charge is 0.491 e. The van der Waals surface area contributed by atoms with E-state index in [1.165, 1.54) is 12.1 Å². The molecule has 0 radical (unpaired) electrons. The second-order valence-electron chi connectivity index (χ2n) is 4.86. The molecule has 2 aromatic carbocycles. The number of aryl methyl sites for hydroxylation is 1. The van der Waals surface area contributed by atoms with Gasteiger partial charge in [-0.05, 0) is 36.2 Å². The van der Waals surface area contributed by atoms with E-state index in [-0.39, 0.29) is 11.9 Å². The lowest BCUT2D eigenvalue weighted by molar-refractivity contribution is 0.145. The van der Waals surface area contributed by atoms with Crippen LogP contribution in [0.4, 0.5) is 4.39 Å². The zero-order valence-corrected chi connectivity index (χ0v) is 12.3. The van der Waals surface area contributed by atoms with Gasteiger partial charge in [-0.3, -0.25) is 0 Å². The van der Waals surface area contributed by atoms with Crippen molar-refractivity contribution in [2.45, 2.75) is 13.0 Å². The van der Waals surface area contributed by atoms with Gasteiger partial charge in [-0.25, -0.2) is 4.39 Å². The van der Waals surface area contributed by atoms with Crippen LogP contribution in [0.3, 0.4) is 0 Å². The highest BCUT2D eigenvalue weighted by Crippen LogP contribution is 2.30. The number of rotatable bonds is 6. The quantitative estimate of drug-likeness (QED) is 0.831. The molecule has 0 bridgehead atoms. The molecule has 3 nitrogen and oxygen atoms in total. The van der Waals surface area contributed by atoms with Crippen LogP contribution in [0.1, 0.15) is 22.7 Å². The molecule has 0 aliphatic heterocycles. The lowest BCUT2D eigenvalue weighted by Gasteiger charge is -2.19. The van der Waals surface area contributed by atoms with Gasteiger partial charge >= 0.3 is 0 Å². The van der Waals surface area contributed by atoms with Gasteiger partial charge in [-0.15, -0.1) is 0 Å². The third-order valence-electron chi connectivity index (χ3n) is 3.37. The Labute approximate surface area is 124 Å². The van der Waals surface area contributed by atoms with Crippen molar-refractivity contribution < 1.29 is 13.9 Å². The van der Waals surface area contributed by atoms with Crippen molar-refractivity contribution in [3.05, 3.63) is 65.0 Å². The molecule has 2 N–H and O–H groups in total. The Kier molecular flexibility index (Phi) is 5.31. The highest BCUT2D eigenvalue weighted by Gasteiger charge is 2.16. The highest BCUT2D eigenvalue weighted by molar-refractivity contribution is 5.43. The smallest absolute Gasteiger partial charge is 0.124 e. The van der Waals surface area contributed by atoms with Gasteiger partial charge in [-0.1, -0.05) is 24.3 Å². The van der Waals surface area contributed by atoms with Crippen molar-refractivity contribution in [3.8, 4) is 5.75 Å². The van der Waals surface area contributed by atoms with Gasteiger partial charge < -0.3 is 15.2 Å². The molecule has 0 fully saturated rings. The predicted molar refractivity (Wildman–Crippen MR) is 81.0 cm³/mol. The lowest BCUT2D eigenvalue weighted by Crippen LogP contribution is -2.15. The molecule has 0 aliphatic rings. The maximum Gasteiger partial charge on any atom is 0.124 e. The Hall–Kier alpha value is -1.91. The molecule has 2 rings (SSSR count). The molecule has 2 aromatic rings. The molecule has 0 spiro atoms. The molecular formula is C17H20FNO2. The van der Waals surface area contributed by atoms with Crippen molar-refractivity contribution in [2.24, 2.45) is 5.73 Å². The Balaban J connectivity index is 2.27. The number of halogens is 1. The van der Waals surface area contributed by atoms with E-state index >= 15 is 0 Å². The van der Waals surface area contributed by atoms with E-state index in [1.807, 2.05) is 31.2 Å². The first-order valence-electron chi connectivity index (χ1n) is 6.85. The summed E-state index contributed by atoms with van der Waals surface area (Å²) in [5.41, 5.74) is 8.93. The molecule has 0 saturated heterocycles. The van der Waals surface area contributed by atoms with E-state index < -0.39 is 0 Å². The number of hydrogen-bond acceptors (Lipinski definition) is 3. The summed E-state index contributed by atoms with van der Waals surface area (Å²) in [6.45, 7) is 2.83. The van der Waals surface area contributed by atoms with Gasteiger partial charge in [0, 0.05) is 12.7 Å². The van der Waals surface area contributed by atoms with E-state index in [2.05, 4.69) is 0 Å². The Morgan fingerprint density at radius 2 is 1.86 bits per heavy atom. The van der Waals surface area contributed by atoms with Crippen LogP contribution in [0.5, 0.6) is 5.75 Å². The average molecular weight is 289 g/mol. The monoisotopic (exact) mass is 289 g/mol. The summed E-state index contributed by atoms with van der Waals surface area (Å²) < 4.78 is 23.9. The van der Waals surface area contributed by atoms with Gasteiger partial charge in [0.1, 0.15) is 18.2 Å². The number of para-hydroxylation sites is 1. The number of ether oxygens (including phenoxy) is 2. The van der Waals surface area contributed by atoms with Crippen LogP contribution in [0, 0.1) is 12.7 Å². The van der Waals surface area contributed by atoms with Gasteiger partial charge in [0.25, 0.3) is 0 Å². The lowest BCUT2D eigenvalue weighted by atomic mass is 9.95. The van der Waals surface area contributed by atoms with Crippen LogP contribution in [-0.2, 0) is 4.74 Å². The molecule has 0 amide bonds. The summed E-state index contributed by atoms with van der Waals surface area (Å²) in [5.74, 6) is 0.471. The van der Waals surface area contributed by atoms with Gasteiger partial charge in [0.15, 0.2) is 0 Å². The number of methoxy groups -OCH3 is 1. The summed E-state index contributed by atoms with van der Waals surface area (Å²) in [5, 5.41) is 0. The first kappa shape index (κ1) is 15.5. The topological polar surface area (TPSA) is 44.5 Å². The zero-order chi connectivity index (χ0) is 15.2. The Morgan fingerprint density at radius 3 is 2.57 bits per heavy atom. The van der Waals surface area contributed by atoms with Crippen LogP contribution >= 0.6 is 0 Å². The van der Waals surface area contributed by atoms with E-state index in [1.54, 1.807) is 13.2 Å². The van der Waals surface area contributed by atoms with Crippen molar-refractivity contribution in [1.82, 2.24) is 0 Å². The SMILES string of the molecule is COCCOc1ccccc1C(N)c1ccc(F)cc1C. The molecule has 0 aromatic heterocycles. The fourth-order valence-electron chi connectivity index (χ4n) is 2.26. The van der Waals surface area contributed by atoms with Crippen LogP contribution in [0.25, 0.3) is 0 Å². The Bertz CT molecular complexity index is 601. The van der Waals surface area contributed by atoms with Crippen LogP contribution < -0.4 is 10.5 Å². The van der Waals surface area contributed by atoms with Crippen molar-refractivity contribution >= 4 is 0 Å². The fraction of sp³-hybridized carbons (Fsp3) is 0.294. The highest BCUT2D eigenvalue weighted by atomic mass is 19.1. The standard InChI is InChI=1S/C17H20FNO2/c1-12-11-13(18)7-8-14(12)17(19)15-5-3-4-6-16(15)21-10-9-20-2/h3-8,11,17H,9-10,19H2,1-2H3. The van der Waals surface area contributed by atoms with E-state index in [4.69, 9.17) is 15.2 Å². The van der Waals surface area contributed by atoms with Crippen molar-refractivity contribution in [3.63, 3.8) is 0 Å². The molecule has 4 heteroatoms. The maximum atomic E-state index is 13.2. The molecule has 1 atom stereocenters. The van der Waals surface area contributed by atoms with Gasteiger partial charge in [-0.2, -0.15) is 0 Å². The predicted octanol–water partition coefficient (Wildman–Crippen LogP) is 3.21. The van der Waals surface area contributed by atoms with E-state index in [0.717, 1.165) is 22.4 Å². The Morgan fingerprint density at radius 1 is 1.10 bits per heavy atom. The average Bonchev–Trinajstić information content (AvgIpc) is 2.47. The third-order valence-corrected chi connectivity index (χ3v) is 3.37. The van der Waals surface area contributed by atoms with Crippen LogP contribution in [0.15, 0.2) is 42.5 Å². The van der Waals surface area contributed by atoms with E-state index in [9.17, 15) is 4.39 Å². The summed E-state index contributed by atoms with van der Waals surface area (Å²) >= 11 is 0. The van der Waals surface area contributed by atoms with Crippen molar-refractivity contribution in [2.75, 3.05) is 20.3 Å². The summed E-state index contributed by atoms with van der Waals surface area (Å²) in [7, 11) is 1.63. The molecule has 0 saturated carbocycles. The molecule has 21 heavy (non-hydrogen) atoms. The van der Waals surface area contributed by atoms with Crippen LogP contribution in [-0.4, -0.2) is 20.3 Å². The third kappa shape index (κ3) is 3.80. The fourth-order valence-corrected chi connectivity index (χ4v) is 2.26. The first-order chi connectivity index (χ1) is 10.1. The van der Waals surface area contributed by atoms with Crippen LogP contribution in [0.2, 0.25) is 0 Å². The minimum atomic E-state index is -0.357. The number of benzene rings is 2. The summed E-state index contributed by atoms with van der Waals surface area (Å²) in [6, 6.07) is 11.9. The summed E-state index contributed by atoms with van der Waals surface area (Å²) in [6.07, 6.45) is 0. The maximum absolute atomic E-state index is 13.2. The molecule has 112 valence electrons. The molecule has 1 unspecified atom stereocenters. The van der Waals surface area contributed by atoms with Crippen molar-refractivity contribution in [1.29, 1.82) is 0 Å². The minimum absolute atomic E-state index is 0.256. The zero-order valence-electron chi connectivity index (χ0n) is 12.3. The first-order valence-corrected chi connectivity index (χ1v) is 6.85. The number of nitrogens with two attached hydrogens (primary N) is 1. The second kappa shape index (κ2) is 7.20. The second-order valence-corrected chi connectivity index (χ2v) is 4.86. The normalized spacial score (nSPS) is 12.2. The van der Waals surface area contributed by atoms with Gasteiger partial charge in [0.05, 0.1) is 12.6 Å². The van der Waals surface area contributed by atoms with E-state index in [0.29, 0.717) is 13.2 Å². The molecule has 0 heterocycles.